The minimum atomic E-state index is 0.0901. The Morgan fingerprint density at radius 2 is 1.89 bits per heavy atom. The molecule has 1 heterocycles. The van der Waals surface area contributed by atoms with Crippen LogP contribution in [0.2, 0.25) is 0 Å². The second-order valence-corrected chi connectivity index (χ2v) is 4.05. The van der Waals surface area contributed by atoms with Gasteiger partial charge in [0.25, 0.3) is 0 Å². The fraction of sp³-hybridized carbons (Fsp3) is 0.308. The Morgan fingerprint density at radius 1 is 1.16 bits per heavy atom. The Balaban J connectivity index is 1.85. The molecule has 0 saturated carbocycles. The minimum absolute atomic E-state index is 0.0901. The average Bonchev–Trinajstić information content (AvgIpc) is 2.46. The van der Waals surface area contributed by atoms with Crippen LogP contribution in [0.5, 0.6) is 5.75 Å². The molecule has 1 unspecified atom stereocenters. The van der Waals surface area contributed by atoms with E-state index in [1.807, 2.05) is 37.3 Å². The van der Waals surface area contributed by atoms with Gasteiger partial charge in [0.2, 0.25) is 11.9 Å². The van der Waals surface area contributed by atoms with Gasteiger partial charge in [-0.05, 0) is 19.1 Å². The van der Waals surface area contributed by atoms with Gasteiger partial charge in [0, 0.05) is 7.05 Å². The third-order valence-electron chi connectivity index (χ3n) is 2.41. The van der Waals surface area contributed by atoms with Gasteiger partial charge in [0.1, 0.15) is 18.7 Å². The monoisotopic (exact) mass is 259 g/mol. The molecule has 6 heteroatoms. The van der Waals surface area contributed by atoms with Crippen molar-refractivity contribution in [1.29, 1.82) is 0 Å². The number of para-hydroxylation sites is 1. The summed E-state index contributed by atoms with van der Waals surface area (Å²) in [7, 11) is 1.76. The Bertz CT molecular complexity index is 505. The minimum Gasteiger partial charge on any atom is -0.491 e. The predicted octanol–water partition coefficient (Wildman–Crippen LogP) is 1.79. The number of hydrogen-bond donors (Lipinski definition) is 2. The van der Waals surface area contributed by atoms with E-state index in [0.29, 0.717) is 18.5 Å². The first-order valence-electron chi connectivity index (χ1n) is 6.09. The summed E-state index contributed by atoms with van der Waals surface area (Å²) in [5, 5.41) is 6.02. The van der Waals surface area contributed by atoms with Crippen molar-refractivity contribution >= 4 is 11.9 Å². The summed E-state index contributed by atoms with van der Waals surface area (Å²) in [4.78, 5) is 12.2. The normalized spacial score (nSPS) is 11.7. The highest BCUT2D eigenvalue weighted by atomic mass is 16.5. The molecule has 0 amide bonds. The van der Waals surface area contributed by atoms with Crippen LogP contribution in [0.4, 0.5) is 11.9 Å². The van der Waals surface area contributed by atoms with E-state index >= 15 is 0 Å². The molecule has 0 fully saturated rings. The van der Waals surface area contributed by atoms with Gasteiger partial charge in [-0.15, -0.1) is 0 Å². The van der Waals surface area contributed by atoms with Crippen LogP contribution in [-0.4, -0.2) is 34.6 Å². The van der Waals surface area contributed by atoms with Gasteiger partial charge < -0.3 is 15.4 Å². The van der Waals surface area contributed by atoms with Crippen molar-refractivity contribution in [3.63, 3.8) is 0 Å². The molecule has 1 aromatic heterocycles. The Kier molecular flexibility index (Phi) is 4.49. The number of ether oxygens (including phenoxy) is 1. The molecule has 0 spiro atoms. The van der Waals surface area contributed by atoms with Gasteiger partial charge in [0.15, 0.2) is 0 Å². The van der Waals surface area contributed by atoms with Crippen LogP contribution in [-0.2, 0) is 0 Å². The number of nitrogens with zero attached hydrogens (tertiary/aromatic N) is 3. The average molecular weight is 259 g/mol. The maximum absolute atomic E-state index is 5.65. The van der Waals surface area contributed by atoms with E-state index in [4.69, 9.17) is 4.74 Å². The van der Waals surface area contributed by atoms with Crippen LogP contribution in [0.3, 0.4) is 0 Å². The summed E-state index contributed by atoms with van der Waals surface area (Å²) in [6, 6.07) is 9.78. The quantitative estimate of drug-likeness (QED) is 0.824. The Morgan fingerprint density at radius 3 is 2.63 bits per heavy atom. The SMILES string of the molecule is CNc1ncnc(NC(C)COc2ccccc2)n1. The Labute approximate surface area is 112 Å². The summed E-state index contributed by atoms with van der Waals surface area (Å²) >= 11 is 0. The van der Waals surface area contributed by atoms with Gasteiger partial charge in [-0.3, -0.25) is 0 Å². The van der Waals surface area contributed by atoms with Crippen LogP contribution in [0, 0.1) is 0 Å². The van der Waals surface area contributed by atoms with Crippen LogP contribution in [0.1, 0.15) is 6.92 Å². The van der Waals surface area contributed by atoms with Crippen molar-refractivity contribution in [2.45, 2.75) is 13.0 Å². The van der Waals surface area contributed by atoms with Gasteiger partial charge in [0.05, 0.1) is 6.04 Å². The highest BCUT2D eigenvalue weighted by molar-refractivity contribution is 5.32. The van der Waals surface area contributed by atoms with Crippen LogP contribution in [0.15, 0.2) is 36.7 Å². The lowest BCUT2D eigenvalue weighted by atomic mass is 10.3. The van der Waals surface area contributed by atoms with Crippen molar-refractivity contribution < 1.29 is 4.74 Å². The fourth-order valence-electron chi connectivity index (χ4n) is 1.49. The third kappa shape index (κ3) is 4.09. The zero-order valence-corrected chi connectivity index (χ0v) is 11.0. The van der Waals surface area contributed by atoms with Gasteiger partial charge in [-0.2, -0.15) is 4.98 Å². The lowest BCUT2D eigenvalue weighted by molar-refractivity contribution is 0.303. The highest BCUT2D eigenvalue weighted by Gasteiger charge is 2.06. The van der Waals surface area contributed by atoms with Crippen LogP contribution in [0.25, 0.3) is 0 Å². The van der Waals surface area contributed by atoms with Crippen molar-refractivity contribution in [2.24, 2.45) is 0 Å². The number of rotatable bonds is 6. The summed E-state index contributed by atoms with van der Waals surface area (Å²) in [6.07, 6.45) is 1.46. The highest BCUT2D eigenvalue weighted by Crippen LogP contribution is 2.09. The molecule has 0 aliphatic heterocycles. The Hall–Kier alpha value is -2.37. The molecular formula is C13H17N5O. The molecule has 0 aliphatic carbocycles. The van der Waals surface area contributed by atoms with E-state index in [2.05, 4.69) is 25.6 Å². The van der Waals surface area contributed by atoms with Crippen molar-refractivity contribution in [3.05, 3.63) is 36.7 Å². The molecule has 0 saturated heterocycles. The number of hydrogen-bond acceptors (Lipinski definition) is 6. The molecule has 100 valence electrons. The first-order chi connectivity index (χ1) is 9.28. The van der Waals surface area contributed by atoms with E-state index < -0.39 is 0 Å². The molecule has 1 atom stereocenters. The molecule has 2 aromatic rings. The van der Waals surface area contributed by atoms with E-state index in [0.717, 1.165) is 5.75 Å². The summed E-state index contributed by atoms with van der Waals surface area (Å²) in [5.74, 6) is 1.92. The van der Waals surface area contributed by atoms with Crippen molar-refractivity contribution in [1.82, 2.24) is 15.0 Å². The van der Waals surface area contributed by atoms with Crippen LogP contribution >= 0.6 is 0 Å². The molecule has 1 aromatic carbocycles. The first-order valence-corrected chi connectivity index (χ1v) is 6.09. The standard InChI is InChI=1S/C13H17N5O/c1-10(8-19-11-6-4-3-5-7-11)17-13-16-9-15-12(14-2)18-13/h3-7,9-10H,8H2,1-2H3,(H2,14,15,16,17,18). The lowest BCUT2D eigenvalue weighted by Crippen LogP contribution is -2.24. The maximum Gasteiger partial charge on any atom is 0.227 e. The van der Waals surface area contributed by atoms with Crippen molar-refractivity contribution in [3.8, 4) is 5.75 Å². The summed E-state index contributed by atoms with van der Waals surface area (Å²) in [5.41, 5.74) is 0. The zero-order valence-electron chi connectivity index (χ0n) is 11.0. The number of nitrogens with one attached hydrogen (secondary N) is 2. The maximum atomic E-state index is 5.65. The number of aromatic nitrogens is 3. The first kappa shape index (κ1) is 13.1. The molecule has 6 nitrogen and oxygen atoms in total. The van der Waals surface area contributed by atoms with Gasteiger partial charge in [-0.25, -0.2) is 9.97 Å². The van der Waals surface area contributed by atoms with E-state index in [9.17, 15) is 0 Å². The molecular weight excluding hydrogens is 242 g/mol. The lowest BCUT2D eigenvalue weighted by Gasteiger charge is -2.14. The molecule has 0 bridgehead atoms. The molecule has 0 radical (unpaired) electrons. The van der Waals surface area contributed by atoms with E-state index in [1.54, 1.807) is 7.05 Å². The second kappa shape index (κ2) is 6.53. The van der Waals surface area contributed by atoms with E-state index in [-0.39, 0.29) is 6.04 Å². The molecule has 19 heavy (non-hydrogen) atoms. The smallest absolute Gasteiger partial charge is 0.227 e. The fourth-order valence-corrected chi connectivity index (χ4v) is 1.49. The van der Waals surface area contributed by atoms with Crippen LogP contribution < -0.4 is 15.4 Å². The molecule has 0 aliphatic rings. The largest absolute Gasteiger partial charge is 0.491 e. The summed E-state index contributed by atoms with van der Waals surface area (Å²) in [6.45, 7) is 2.54. The predicted molar refractivity (Wildman–Crippen MR) is 74.4 cm³/mol. The topological polar surface area (TPSA) is 72.0 Å². The zero-order chi connectivity index (χ0) is 13.5. The van der Waals surface area contributed by atoms with E-state index in [1.165, 1.54) is 6.33 Å². The van der Waals surface area contributed by atoms with Gasteiger partial charge >= 0.3 is 0 Å². The summed E-state index contributed by atoms with van der Waals surface area (Å²) < 4.78 is 5.65. The second-order valence-electron chi connectivity index (χ2n) is 4.05. The number of benzene rings is 1. The number of anilines is 2. The van der Waals surface area contributed by atoms with Crippen molar-refractivity contribution in [2.75, 3.05) is 24.3 Å². The molecule has 2 rings (SSSR count). The molecule has 2 N–H and O–H groups in total. The van der Waals surface area contributed by atoms with Gasteiger partial charge in [-0.1, -0.05) is 18.2 Å². The third-order valence-corrected chi connectivity index (χ3v) is 2.41.